The van der Waals surface area contributed by atoms with Gasteiger partial charge in [0.1, 0.15) is 11.6 Å². The van der Waals surface area contributed by atoms with Gasteiger partial charge in [-0.25, -0.2) is 9.97 Å². The fourth-order valence-electron chi connectivity index (χ4n) is 2.24. The van der Waals surface area contributed by atoms with Crippen LogP contribution < -0.4 is 5.73 Å². The van der Waals surface area contributed by atoms with Crippen molar-refractivity contribution in [3.05, 3.63) is 28.9 Å². The van der Waals surface area contributed by atoms with Gasteiger partial charge in [0.25, 0.3) is 0 Å². The fraction of sp³-hybridized carbons (Fsp3) is 0.533. The molecule has 0 atom stereocenters. The van der Waals surface area contributed by atoms with Gasteiger partial charge in [0.15, 0.2) is 4.27 Å². The van der Waals surface area contributed by atoms with Crippen molar-refractivity contribution < 1.29 is 9.90 Å². The van der Waals surface area contributed by atoms with Crippen LogP contribution in [-0.2, 0) is 11.3 Å². The molecule has 0 unspecified atom stereocenters. The lowest BCUT2D eigenvalue weighted by atomic mass is 10.0. The second-order valence-electron chi connectivity index (χ2n) is 5.45. The van der Waals surface area contributed by atoms with Gasteiger partial charge in [-0.1, -0.05) is 13.3 Å². The van der Waals surface area contributed by atoms with Gasteiger partial charge in [0.2, 0.25) is 6.41 Å². The maximum Gasteiger partial charge on any atom is 0.214 e. The summed E-state index contributed by atoms with van der Waals surface area (Å²) < 4.78 is -1.42. The van der Waals surface area contributed by atoms with E-state index in [-0.39, 0.29) is 13.0 Å². The first kappa shape index (κ1) is 19.8. The van der Waals surface area contributed by atoms with Crippen LogP contribution in [0.25, 0.3) is 0 Å². The molecular weight excluding hydrogens is 332 g/mol. The molecule has 0 bridgehead atoms. The van der Waals surface area contributed by atoms with Gasteiger partial charge in [-0.15, -0.1) is 25.3 Å². The molecule has 0 fully saturated rings. The molecule has 0 aromatic carbocycles. The van der Waals surface area contributed by atoms with Gasteiger partial charge < -0.3 is 15.7 Å². The van der Waals surface area contributed by atoms with Crippen LogP contribution in [-0.4, -0.2) is 30.6 Å². The standard InChI is InChI=1S/C15H24N4O2S2/c1-4-5-12(6-15(21,22)23)10(2)19(9-20)8-13-7-17-11(3)18-14(13)16/h7,9,21-23H,4-6,8H2,1-3H3,(H2,16,17,18)/b12-10+. The van der Waals surface area contributed by atoms with Crippen LogP contribution in [0.15, 0.2) is 17.5 Å². The van der Waals surface area contributed by atoms with Crippen molar-refractivity contribution in [3.63, 3.8) is 0 Å². The van der Waals surface area contributed by atoms with E-state index in [0.717, 1.165) is 30.5 Å². The summed E-state index contributed by atoms with van der Waals surface area (Å²) in [5, 5.41) is 9.83. The van der Waals surface area contributed by atoms with E-state index in [1.54, 1.807) is 13.1 Å². The zero-order valence-corrected chi connectivity index (χ0v) is 15.4. The topological polar surface area (TPSA) is 92.3 Å². The first-order chi connectivity index (χ1) is 10.7. The van der Waals surface area contributed by atoms with Crippen molar-refractivity contribution in [1.82, 2.24) is 14.9 Å². The Bertz CT molecular complexity index is 585. The number of thiol groups is 2. The second kappa shape index (κ2) is 8.56. The Labute approximate surface area is 148 Å². The minimum absolute atomic E-state index is 0.253. The zero-order chi connectivity index (χ0) is 17.6. The normalized spacial score (nSPS) is 12.8. The van der Waals surface area contributed by atoms with Crippen LogP contribution in [0, 0.1) is 6.92 Å². The number of anilines is 1. The highest BCUT2D eigenvalue weighted by Gasteiger charge is 2.21. The zero-order valence-electron chi connectivity index (χ0n) is 13.7. The SMILES string of the molecule is CCC/C(CC(O)(S)S)=C(/C)N(C=O)Cc1cnc(C)nc1N. The van der Waals surface area contributed by atoms with Crippen LogP contribution in [0.3, 0.4) is 0 Å². The third-order valence-corrected chi connectivity index (χ3v) is 3.75. The van der Waals surface area contributed by atoms with Gasteiger partial charge in [-0.3, -0.25) is 4.79 Å². The Morgan fingerprint density at radius 2 is 2.17 bits per heavy atom. The van der Waals surface area contributed by atoms with E-state index in [1.165, 1.54) is 4.90 Å². The van der Waals surface area contributed by atoms with Crippen molar-refractivity contribution in [2.24, 2.45) is 0 Å². The van der Waals surface area contributed by atoms with Crippen molar-refractivity contribution in [1.29, 1.82) is 0 Å². The highest BCUT2D eigenvalue weighted by Crippen LogP contribution is 2.30. The van der Waals surface area contributed by atoms with Crippen LogP contribution in [0.5, 0.6) is 0 Å². The number of aromatic nitrogens is 2. The molecule has 1 rings (SSSR count). The molecule has 0 aliphatic rings. The number of nitrogens with zero attached hydrogens (tertiary/aromatic N) is 3. The van der Waals surface area contributed by atoms with E-state index < -0.39 is 4.27 Å². The summed E-state index contributed by atoms with van der Waals surface area (Å²) in [5.41, 5.74) is 8.23. The van der Waals surface area contributed by atoms with Crippen LogP contribution >= 0.6 is 25.3 Å². The average Bonchev–Trinajstić information content (AvgIpc) is 2.44. The minimum atomic E-state index is -1.42. The summed E-state index contributed by atoms with van der Waals surface area (Å²) in [6.07, 6.45) is 4.23. The molecule has 1 amide bonds. The molecule has 6 nitrogen and oxygen atoms in total. The molecule has 0 saturated carbocycles. The summed E-state index contributed by atoms with van der Waals surface area (Å²) in [5.74, 6) is 0.937. The molecule has 1 aromatic heterocycles. The molecule has 0 radical (unpaired) electrons. The van der Waals surface area contributed by atoms with Gasteiger partial charge in [-0.05, 0) is 25.8 Å². The first-order valence-corrected chi connectivity index (χ1v) is 8.23. The highest BCUT2D eigenvalue weighted by molar-refractivity contribution is 8.00. The number of allylic oxidation sites excluding steroid dienone is 1. The van der Waals surface area contributed by atoms with E-state index in [9.17, 15) is 9.90 Å². The fourth-order valence-corrected chi connectivity index (χ4v) is 2.62. The Hall–Kier alpha value is -1.25. The van der Waals surface area contributed by atoms with Gasteiger partial charge in [0.05, 0.1) is 6.54 Å². The molecule has 8 heteroatoms. The number of carbonyl (C=O) groups excluding carboxylic acids is 1. The van der Waals surface area contributed by atoms with Crippen molar-refractivity contribution in [3.8, 4) is 0 Å². The number of nitrogens with two attached hydrogens (primary N) is 1. The van der Waals surface area contributed by atoms with E-state index in [4.69, 9.17) is 5.73 Å². The number of amides is 1. The number of hydrogen-bond donors (Lipinski definition) is 4. The molecule has 1 heterocycles. The quantitative estimate of drug-likeness (QED) is 0.326. The third-order valence-electron chi connectivity index (χ3n) is 3.43. The summed E-state index contributed by atoms with van der Waals surface area (Å²) in [4.78, 5) is 21.3. The smallest absolute Gasteiger partial charge is 0.214 e. The van der Waals surface area contributed by atoms with Crippen LogP contribution in [0.4, 0.5) is 5.82 Å². The third kappa shape index (κ3) is 6.40. The Morgan fingerprint density at radius 1 is 1.52 bits per heavy atom. The Morgan fingerprint density at radius 3 is 2.65 bits per heavy atom. The highest BCUT2D eigenvalue weighted by atomic mass is 32.2. The lowest BCUT2D eigenvalue weighted by Crippen LogP contribution is -2.24. The van der Waals surface area contributed by atoms with Crippen molar-refractivity contribution >= 4 is 37.5 Å². The van der Waals surface area contributed by atoms with Crippen molar-refractivity contribution in [2.75, 3.05) is 5.73 Å². The number of carbonyl (C=O) groups is 1. The van der Waals surface area contributed by atoms with E-state index in [1.807, 2.05) is 13.8 Å². The van der Waals surface area contributed by atoms with Gasteiger partial charge in [0, 0.05) is 23.9 Å². The molecule has 0 saturated heterocycles. The summed E-state index contributed by atoms with van der Waals surface area (Å²) in [6, 6.07) is 0. The van der Waals surface area contributed by atoms with E-state index in [0.29, 0.717) is 17.2 Å². The molecule has 3 N–H and O–H groups in total. The van der Waals surface area contributed by atoms with Gasteiger partial charge >= 0.3 is 0 Å². The van der Waals surface area contributed by atoms with Crippen LogP contribution in [0.1, 0.15) is 44.5 Å². The number of rotatable bonds is 8. The summed E-state index contributed by atoms with van der Waals surface area (Å²) in [7, 11) is 0. The molecule has 128 valence electrons. The minimum Gasteiger partial charge on any atom is -0.383 e. The molecule has 23 heavy (non-hydrogen) atoms. The average molecular weight is 357 g/mol. The monoisotopic (exact) mass is 356 g/mol. The summed E-state index contributed by atoms with van der Waals surface area (Å²) in [6.45, 7) is 5.88. The predicted molar refractivity (Wildman–Crippen MR) is 97.9 cm³/mol. The second-order valence-corrected chi connectivity index (χ2v) is 7.28. The maximum atomic E-state index is 11.5. The predicted octanol–water partition coefficient (Wildman–Crippen LogP) is 2.30. The number of nitrogen functional groups attached to an aromatic ring is 1. The van der Waals surface area contributed by atoms with Gasteiger partial charge in [-0.2, -0.15) is 0 Å². The molecule has 0 aliphatic heterocycles. The lowest BCUT2D eigenvalue weighted by Gasteiger charge is -2.25. The van der Waals surface area contributed by atoms with E-state index in [2.05, 4.69) is 35.2 Å². The summed E-state index contributed by atoms with van der Waals surface area (Å²) >= 11 is 8.09. The Balaban J connectivity index is 3.08. The maximum absolute atomic E-state index is 11.5. The lowest BCUT2D eigenvalue weighted by molar-refractivity contribution is -0.117. The van der Waals surface area contributed by atoms with Crippen LogP contribution in [0.2, 0.25) is 0 Å². The first-order valence-electron chi connectivity index (χ1n) is 7.33. The number of hydrogen-bond acceptors (Lipinski definition) is 7. The largest absolute Gasteiger partial charge is 0.383 e. The van der Waals surface area contributed by atoms with E-state index >= 15 is 0 Å². The van der Waals surface area contributed by atoms with Crippen molar-refractivity contribution in [2.45, 2.75) is 50.8 Å². The Kier molecular flexibility index (Phi) is 7.37. The number of aryl methyl sites for hydroxylation is 1. The molecular formula is C15H24N4O2S2. The number of aliphatic hydroxyl groups is 1. The molecule has 1 aromatic rings. The molecule has 0 spiro atoms. The molecule has 0 aliphatic carbocycles.